The van der Waals surface area contributed by atoms with Crippen molar-refractivity contribution in [2.24, 2.45) is 0 Å². The van der Waals surface area contributed by atoms with Crippen LogP contribution in [0.25, 0.3) is 10.9 Å². The first-order chi connectivity index (χ1) is 9.70. The minimum Gasteiger partial charge on any atom is -0.481 e. The lowest BCUT2D eigenvalue weighted by molar-refractivity contribution is -0.136. The second-order valence-electron chi connectivity index (χ2n) is 4.47. The Bertz CT molecular complexity index is 766. The molecule has 0 amide bonds. The number of rotatable bonds is 4. The number of aliphatic carboxylic acids is 1. The fraction of sp³-hybridized carbons (Fsp3) is 0.143. The lowest BCUT2D eigenvalue weighted by Crippen LogP contribution is -2.02. The highest BCUT2D eigenvalue weighted by Crippen LogP contribution is 2.12. The van der Waals surface area contributed by atoms with Crippen LogP contribution in [0.2, 0.25) is 0 Å². The van der Waals surface area contributed by atoms with E-state index in [-0.39, 0.29) is 6.42 Å². The van der Waals surface area contributed by atoms with Crippen molar-refractivity contribution in [3.05, 3.63) is 54.0 Å². The molecular formula is C14H12N4O2. The number of nitrogens with zero attached hydrogens (tertiary/aromatic N) is 4. The van der Waals surface area contributed by atoms with Crippen LogP contribution in [0.4, 0.5) is 0 Å². The van der Waals surface area contributed by atoms with E-state index in [2.05, 4.69) is 15.3 Å². The van der Waals surface area contributed by atoms with Gasteiger partial charge in [-0.2, -0.15) is 0 Å². The van der Waals surface area contributed by atoms with Crippen molar-refractivity contribution >= 4 is 16.9 Å². The first-order valence-corrected chi connectivity index (χ1v) is 6.16. The van der Waals surface area contributed by atoms with Gasteiger partial charge in [-0.05, 0) is 12.1 Å². The maximum atomic E-state index is 10.6. The van der Waals surface area contributed by atoms with Gasteiger partial charge in [-0.3, -0.25) is 9.78 Å². The van der Waals surface area contributed by atoms with Gasteiger partial charge in [0.25, 0.3) is 0 Å². The van der Waals surface area contributed by atoms with Crippen molar-refractivity contribution in [3.8, 4) is 0 Å². The highest BCUT2D eigenvalue weighted by atomic mass is 16.4. The van der Waals surface area contributed by atoms with Crippen LogP contribution in [0.3, 0.4) is 0 Å². The minimum atomic E-state index is -0.916. The van der Waals surface area contributed by atoms with E-state index in [0.29, 0.717) is 12.2 Å². The van der Waals surface area contributed by atoms with Gasteiger partial charge >= 0.3 is 5.97 Å². The normalized spacial score (nSPS) is 10.8. The van der Waals surface area contributed by atoms with Crippen molar-refractivity contribution in [3.63, 3.8) is 0 Å². The Morgan fingerprint density at radius 3 is 2.85 bits per heavy atom. The first-order valence-electron chi connectivity index (χ1n) is 6.16. The molecule has 0 aliphatic heterocycles. The molecule has 1 aromatic carbocycles. The molecule has 20 heavy (non-hydrogen) atoms. The molecule has 6 nitrogen and oxygen atoms in total. The molecule has 100 valence electrons. The Morgan fingerprint density at radius 1 is 1.15 bits per heavy atom. The SMILES string of the molecule is O=C(O)Cc1cn(Cc2ccc3ccccc3n2)nn1. The Morgan fingerprint density at radius 2 is 2.00 bits per heavy atom. The van der Waals surface area contributed by atoms with E-state index in [4.69, 9.17) is 5.11 Å². The van der Waals surface area contributed by atoms with Crippen LogP contribution in [0.1, 0.15) is 11.4 Å². The zero-order valence-electron chi connectivity index (χ0n) is 10.6. The molecule has 0 radical (unpaired) electrons. The average molecular weight is 268 g/mol. The standard InChI is InChI=1S/C14H12N4O2/c19-14(20)7-12-9-18(17-16-12)8-11-6-5-10-3-1-2-4-13(10)15-11/h1-6,9H,7-8H2,(H,19,20). The van der Waals surface area contributed by atoms with Crippen LogP contribution in [-0.2, 0) is 17.8 Å². The zero-order valence-corrected chi connectivity index (χ0v) is 10.6. The predicted molar refractivity (Wildman–Crippen MR) is 72.2 cm³/mol. The molecule has 6 heteroatoms. The molecule has 0 spiro atoms. The minimum absolute atomic E-state index is 0.120. The number of carbonyl (C=O) groups is 1. The van der Waals surface area contributed by atoms with Crippen LogP contribution in [0.5, 0.6) is 0 Å². The van der Waals surface area contributed by atoms with Crippen LogP contribution in [-0.4, -0.2) is 31.1 Å². The van der Waals surface area contributed by atoms with Gasteiger partial charge in [0.15, 0.2) is 0 Å². The monoisotopic (exact) mass is 268 g/mol. The molecule has 3 rings (SSSR count). The average Bonchev–Trinajstić information content (AvgIpc) is 2.85. The van der Waals surface area contributed by atoms with Crippen LogP contribution >= 0.6 is 0 Å². The third kappa shape index (κ3) is 2.64. The summed E-state index contributed by atoms with van der Waals surface area (Å²) in [7, 11) is 0. The molecule has 2 aromatic heterocycles. The molecule has 0 saturated heterocycles. The maximum absolute atomic E-state index is 10.6. The zero-order chi connectivity index (χ0) is 13.9. The van der Waals surface area contributed by atoms with E-state index >= 15 is 0 Å². The number of para-hydroxylation sites is 1. The first kappa shape index (κ1) is 12.3. The molecule has 2 heterocycles. The molecule has 0 fully saturated rings. The van der Waals surface area contributed by atoms with Crippen molar-refractivity contribution in [1.29, 1.82) is 0 Å². The van der Waals surface area contributed by atoms with Gasteiger partial charge in [0.1, 0.15) is 0 Å². The number of fused-ring (bicyclic) bond motifs is 1. The number of benzene rings is 1. The second kappa shape index (κ2) is 5.08. The molecular weight excluding hydrogens is 256 g/mol. The van der Waals surface area contributed by atoms with Crippen LogP contribution < -0.4 is 0 Å². The van der Waals surface area contributed by atoms with Gasteiger partial charge in [0.2, 0.25) is 0 Å². The summed E-state index contributed by atoms with van der Waals surface area (Å²) in [6.07, 6.45) is 1.51. The number of hydrogen-bond acceptors (Lipinski definition) is 4. The van der Waals surface area contributed by atoms with Gasteiger partial charge in [0.05, 0.1) is 29.9 Å². The van der Waals surface area contributed by atoms with E-state index in [0.717, 1.165) is 16.6 Å². The Hall–Kier alpha value is -2.76. The summed E-state index contributed by atoms with van der Waals surface area (Å²) in [5.74, 6) is -0.916. The van der Waals surface area contributed by atoms with Gasteiger partial charge in [-0.25, -0.2) is 4.68 Å². The molecule has 0 saturated carbocycles. The van der Waals surface area contributed by atoms with Crippen LogP contribution in [0, 0.1) is 0 Å². The van der Waals surface area contributed by atoms with Gasteiger partial charge in [0, 0.05) is 11.6 Å². The molecule has 0 unspecified atom stereocenters. The van der Waals surface area contributed by atoms with Crippen molar-refractivity contribution in [2.75, 3.05) is 0 Å². The Kier molecular flexibility index (Phi) is 3.12. The summed E-state index contributed by atoms with van der Waals surface area (Å²) in [6, 6.07) is 11.8. The highest BCUT2D eigenvalue weighted by molar-refractivity contribution is 5.78. The van der Waals surface area contributed by atoms with E-state index in [1.807, 2.05) is 36.4 Å². The van der Waals surface area contributed by atoms with Crippen molar-refractivity contribution in [1.82, 2.24) is 20.0 Å². The largest absolute Gasteiger partial charge is 0.481 e. The van der Waals surface area contributed by atoms with Crippen LogP contribution in [0.15, 0.2) is 42.6 Å². The topological polar surface area (TPSA) is 80.9 Å². The van der Waals surface area contributed by atoms with E-state index in [1.165, 1.54) is 0 Å². The molecule has 0 atom stereocenters. The number of hydrogen-bond donors (Lipinski definition) is 1. The summed E-state index contributed by atoms with van der Waals surface area (Å²) in [5.41, 5.74) is 2.23. The fourth-order valence-corrected chi connectivity index (χ4v) is 2.01. The Balaban J connectivity index is 1.81. The molecule has 0 aliphatic carbocycles. The summed E-state index contributed by atoms with van der Waals surface area (Å²) in [6.45, 7) is 0.470. The fourth-order valence-electron chi connectivity index (χ4n) is 2.01. The van der Waals surface area contributed by atoms with E-state index in [9.17, 15) is 4.79 Å². The van der Waals surface area contributed by atoms with Gasteiger partial charge in [-0.1, -0.05) is 29.5 Å². The third-order valence-corrected chi connectivity index (χ3v) is 2.90. The summed E-state index contributed by atoms with van der Waals surface area (Å²) >= 11 is 0. The number of carboxylic acids is 1. The molecule has 0 bridgehead atoms. The Labute approximate surface area is 114 Å². The lowest BCUT2D eigenvalue weighted by Gasteiger charge is -2.02. The molecule has 0 aliphatic rings. The van der Waals surface area contributed by atoms with Crippen molar-refractivity contribution < 1.29 is 9.90 Å². The summed E-state index contributed by atoms with van der Waals surface area (Å²) in [5, 5.41) is 17.5. The summed E-state index contributed by atoms with van der Waals surface area (Å²) < 4.78 is 1.59. The quantitative estimate of drug-likeness (QED) is 0.775. The summed E-state index contributed by atoms with van der Waals surface area (Å²) in [4.78, 5) is 15.1. The number of aromatic nitrogens is 4. The lowest BCUT2D eigenvalue weighted by atomic mass is 10.2. The number of pyridine rings is 1. The molecule has 1 N–H and O–H groups in total. The van der Waals surface area contributed by atoms with E-state index in [1.54, 1.807) is 10.9 Å². The highest BCUT2D eigenvalue weighted by Gasteiger charge is 2.06. The van der Waals surface area contributed by atoms with Gasteiger partial charge < -0.3 is 5.11 Å². The van der Waals surface area contributed by atoms with Gasteiger partial charge in [-0.15, -0.1) is 5.10 Å². The third-order valence-electron chi connectivity index (χ3n) is 2.90. The molecule has 3 aromatic rings. The van der Waals surface area contributed by atoms with E-state index < -0.39 is 5.97 Å². The maximum Gasteiger partial charge on any atom is 0.309 e. The smallest absolute Gasteiger partial charge is 0.309 e. The second-order valence-corrected chi connectivity index (χ2v) is 4.47. The predicted octanol–water partition coefficient (Wildman–Crippen LogP) is 1.50. The number of carboxylic acid groups (broad SMARTS) is 1. The van der Waals surface area contributed by atoms with Crippen molar-refractivity contribution in [2.45, 2.75) is 13.0 Å².